The summed E-state index contributed by atoms with van der Waals surface area (Å²) in [5, 5.41) is 0. The summed E-state index contributed by atoms with van der Waals surface area (Å²) in [5.41, 5.74) is 2.65. The molecule has 2 heterocycles. The summed E-state index contributed by atoms with van der Waals surface area (Å²) in [6.07, 6.45) is 1.87. The molecule has 0 atom stereocenters. The van der Waals surface area contributed by atoms with E-state index in [0.29, 0.717) is 0 Å². The van der Waals surface area contributed by atoms with E-state index in [1.165, 1.54) is 11.1 Å². The van der Waals surface area contributed by atoms with Gasteiger partial charge >= 0.3 is 0 Å². The summed E-state index contributed by atoms with van der Waals surface area (Å²) < 4.78 is 0. The highest BCUT2D eigenvalue weighted by atomic mass is 15.3. The molecule has 0 unspecified atom stereocenters. The Morgan fingerprint density at radius 1 is 0.821 bits per heavy atom. The summed E-state index contributed by atoms with van der Waals surface area (Å²) >= 11 is 0. The minimum atomic E-state index is 0.830. The van der Waals surface area contributed by atoms with Crippen LogP contribution >= 0.6 is 0 Å². The zero-order valence-corrected chi connectivity index (χ0v) is 16.4. The van der Waals surface area contributed by atoms with Crippen molar-refractivity contribution in [3.05, 3.63) is 84.1 Å². The van der Waals surface area contributed by atoms with E-state index in [1.54, 1.807) is 0 Å². The molecule has 28 heavy (non-hydrogen) atoms. The second-order valence-electron chi connectivity index (χ2n) is 7.31. The number of anilines is 2. The normalized spacial score (nSPS) is 14.8. The van der Waals surface area contributed by atoms with Crippen molar-refractivity contribution in [3.63, 3.8) is 0 Å². The molecule has 0 aliphatic carbocycles. The van der Waals surface area contributed by atoms with Crippen LogP contribution in [0, 0.1) is 0 Å². The standard InChI is InChI=1S/C23H27N5/c1-26(18-20-8-4-2-5-9-20)22-12-13-24-23(25-22)28-16-14-27(15-17-28)19-21-10-6-3-7-11-21/h2-13H,14-19H2,1H3. The van der Waals surface area contributed by atoms with E-state index in [-0.39, 0.29) is 0 Å². The molecule has 0 bridgehead atoms. The molecule has 0 radical (unpaired) electrons. The van der Waals surface area contributed by atoms with Crippen LogP contribution in [0.1, 0.15) is 11.1 Å². The van der Waals surface area contributed by atoms with Gasteiger partial charge in [0.2, 0.25) is 5.95 Å². The molecule has 1 aliphatic heterocycles. The van der Waals surface area contributed by atoms with Gasteiger partial charge in [-0.25, -0.2) is 4.98 Å². The first kappa shape index (κ1) is 18.4. The van der Waals surface area contributed by atoms with Crippen molar-refractivity contribution >= 4 is 11.8 Å². The van der Waals surface area contributed by atoms with Crippen LogP contribution in [-0.2, 0) is 13.1 Å². The average molecular weight is 374 g/mol. The van der Waals surface area contributed by atoms with Crippen LogP contribution in [-0.4, -0.2) is 48.1 Å². The molecule has 144 valence electrons. The zero-order valence-electron chi connectivity index (χ0n) is 16.4. The number of aromatic nitrogens is 2. The maximum absolute atomic E-state index is 4.82. The highest BCUT2D eigenvalue weighted by Gasteiger charge is 2.19. The fraction of sp³-hybridized carbons (Fsp3) is 0.304. The molecule has 1 aromatic heterocycles. The van der Waals surface area contributed by atoms with Crippen molar-refractivity contribution in [1.29, 1.82) is 0 Å². The first-order valence-corrected chi connectivity index (χ1v) is 9.87. The van der Waals surface area contributed by atoms with Crippen molar-refractivity contribution in [2.45, 2.75) is 13.1 Å². The van der Waals surface area contributed by atoms with E-state index in [0.717, 1.165) is 51.0 Å². The monoisotopic (exact) mass is 373 g/mol. The van der Waals surface area contributed by atoms with Gasteiger partial charge in [-0.3, -0.25) is 4.90 Å². The van der Waals surface area contributed by atoms with Crippen molar-refractivity contribution in [1.82, 2.24) is 14.9 Å². The van der Waals surface area contributed by atoms with Gasteiger partial charge in [-0.15, -0.1) is 0 Å². The summed E-state index contributed by atoms with van der Waals surface area (Å²) in [6, 6.07) is 23.1. The van der Waals surface area contributed by atoms with E-state index in [4.69, 9.17) is 4.98 Å². The van der Waals surface area contributed by atoms with Crippen LogP contribution in [0.5, 0.6) is 0 Å². The molecular formula is C23H27N5. The third-order valence-electron chi connectivity index (χ3n) is 5.19. The Hall–Kier alpha value is -2.92. The van der Waals surface area contributed by atoms with Gasteiger partial charge in [0.1, 0.15) is 5.82 Å². The van der Waals surface area contributed by atoms with Crippen LogP contribution < -0.4 is 9.80 Å². The SMILES string of the molecule is CN(Cc1ccccc1)c1ccnc(N2CCN(Cc3ccccc3)CC2)n1. The molecule has 3 aromatic rings. The minimum absolute atomic E-state index is 0.830. The quantitative estimate of drug-likeness (QED) is 0.661. The lowest BCUT2D eigenvalue weighted by atomic mass is 10.2. The number of hydrogen-bond acceptors (Lipinski definition) is 5. The van der Waals surface area contributed by atoms with Crippen molar-refractivity contribution in [3.8, 4) is 0 Å². The third kappa shape index (κ3) is 4.67. The van der Waals surface area contributed by atoms with E-state index in [1.807, 2.05) is 18.3 Å². The zero-order chi connectivity index (χ0) is 19.2. The van der Waals surface area contributed by atoms with Crippen LogP contribution in [0.15, 0.2) is 72.9 Å². The molecule has 5 nitrogen and oxygen atoms in total. The average Bonchev–Trinajstić information content (AvgIpc) is 2.76. The number of benzene rings is 2. The summed E-state index contributed by atoms with van der Waals surface area (Å²) in [6.45, 7) is 5.82. The molecule has 2 aromatic carbocycles. The van der Waals surface area contributed by atoms with Crippen LogP contribution in [0.4, 0.5) is 11.8 Å². The van der Waals surface area contributed by atoms with Crippen molar-refractivity contribution in [2.75, 3.05) is 43.0 Å². The maximum atomic E-state index is 4.82. The maximum Gasteiger partial charge on any atom is 0.227 e. The third-order valence-corrected chi connectivity index (χ3v) is 5.19. The fourth-order valence-electron chi connectivity index (χ4n) is 3.59. The number of hydrogen-bond donors (Lipinski definition) is 0. The smallest absolute Gasteiger partial charge is 0.227 e. The molecule has 1 fully saturated rings. The van der Waals surface area contributed by atoms with Gasteiger partial charge in [0.05, 0.1) is 0 Å². The molecule has 5 heteroatoms. The predicted molar refractivity (Wildman–Crippen MR) is 115 cm³/mol. The Morgan fingerprint density at radius 3 is 2.14 bits per heavy atom. The van der Waals surface area contributed by atoms with E-state index in [2.05, 4.69) is 81.3 Å². The molecule has 1 aliphatic rings. The number of piperazine rings is 1. The number of nitrogens with zero attached hydrogens (tertiary/aromatic N) is 5. The van der Waals surface area contributed by atoms with E-state index >= 15 is 0 Å². The Labute approximate surface area is 167 Å². The van der Waals surface area contributed by atoms with Gasteiger partial charge in [-0.05, 0) is 17.2 Å². The van der Waals surface area contributed by atoms with E-state index in [9.17, 15) is 0 Å². The number of rotatable bonds is 6. The van der Waals surface area contributed by atoms with Crippen molar-refractivity contribution in [2.24, 2.45) is 0 Å². The first-order valence-electron chi connectivity index (χ1n) is 9.87. The van der Waals surface area contributed by atoms with Crippen LogP contribution in [0.25, 0.3) is 0 Å². The molecule has 4 rings (SSSR count). The molecule has 0 N–H and O–H groups in total. The Bertz CT molecular complexity index is 860. The largest absolute Gasteiger partial charge is 0.355 e. The molecule has 0 spiro atoms. The lowest BCUT2D eigenvalue weighted by molar-refractivity contribution is 0.248. The Balaban J connectivity index is 1.36. The van der Waals surface area contributed by atoms with Crippen LogP contribution in [0.3, 0.4) is 0 Å². The van der Waals surface area contributed by atoms with Crippen LogP contribution in [0.2, 0.25) is 0 Å². The van der Waals surface area contributed by atoms with Gasteiger partial charge in [0.25, 0.3) is 0 Å². The van der Waals surface area contributed by atoms with Gasteiger partial charge in [0, 0.05) is 52.5 Å². The predicted octanol–water partition coefficient (Wildman–Crippen LogP) is 3.44. The Morgan fingerprint density at radius 2 is 1.46 bits per heavy atom. The van der Waals surface area contributed by atoms with Crippen molar-refractivity contribution < 1.29 is 0 Å². The van der Waals surface area contributed by atoms with E-state index < -0.39 is 0 Å². The fourth-order valence-corrected chi connectivity index (χ4v) is 3.59. The second kappa shape index (κ2) is 8.85. The molecule has 1 saturated heterocycles. The van der Waals surface area contributed by atoms with Gasteiger partial charge in [0.15, 0.2) is 0 Å². The highest BCUT2D eigenvalue weighted by Crippen LogP contribution is 2.18. The molecule has 0 amide bonds. The summed E-state index contributed by atoms with van der Waals surface area (Å²) in [5.74, 6) is 1.79. The summed E-state index contributed by atoms with van der Waals surface area (Å²) in [7, 11) is 2.08. The Kier molecular flexibility index (Phi) is 5.83. The molecule has 0 saturated carbocycles. The van der Waals surface area contributed by atoms with Gasteiger partial charge < -0.3 is 9.80 Å². The molecular weight excluding hydrogens is 346 g/mol. The highest BCUT2D eigenvalue weighted by molar-refractivity contribution is 5.44. The minimum Gasteiger partial charge on any atom is -0.355 e. The lowest BCUT2D eigenvalue weighted by Gasteiger charge is -2.35. The van der Waals surface area contributed by atoms with Gasteiger partial charge in [-0.2, -0.15) is 4.98 Å². The summed E-state index contributed by atoms with van der Waals surface area (Å²) in [4.78, 5) is 16.3. The second-order valence-corrected chi connectivity index (χ2v) is 7.31. The van der Waals surface area contributed by atoms with Gasteiger partial charge in [-0.1, -0.05) is 60.7 Å². The lowest BCUT2D eigenvalue weighted by Crippen LogP contribution is -2.46. The first-order chi connectivity index (χ1) is 13.8. The topological polar surface area (TPSA) is 35.5 Å².